The first-order valence-corrected chi connectivity index (χ1v) is 7.99. The standard InChI is InChI=1S/C15H28N4.HI/c1-4-16-15(17-13-7-10(13)2)18-14-9-19(8-11(14)3)12-5-6-12;/h10-14H,4-9H2,1-3H3,(H2,16,17,18);1H. The molecule has 3 aliphatic rings. The van der Waals surface area contributed by atoms with E-state index < -0.39 is 0 Å². The molecular formula is C15H29IN4. The van der Waals surface area contributed by atoms with Crippen molar-refractivity contribution < 1.29 is 0 Å². The summed E-state index contributed by atoms with van der Waals surface area (Å²) in [7, 11) is 0. The Bertz CT molecular complexity index is 356. The summed E-state index contributed by atoms with van der Waals surface area (Å²) >= 11 is 0. The second-order valence-electron chi connectivity index (χ2n) is 6.70. The lowest BCUT2D eigenvalue weighted by Crippen LogP contribution is -2.47. The number of guanidine groups is 1. The molecule has 20 heavy (non-hydrogen) atoms. The van der Waals surface area contributed by atoms with Gasteiger partial charge in [0.15, 0.2) is 5.96 Å². The molecular weight excluding hydrogens is 363 g/mol. The Kier molecular flexibility index (Phi) is 5.56. The Labute approximate surface area is 140 Å². The van der Waals surface area contributed by atoms with Crippen molar-refractivity contribution in [2.24, 2.45) is 16.8 Å². The van der Waals surface area contributed by atoms with E-state index in [-0.39, 0.29) is 24.0 Å². The van der Waals surface area contributed by atoms with Crippen molar-refractivity contribution in [1.82, 2.24) is 15.5 Å². The Hall–Kier alpha value is -0.0400. The molecule has 3 rings (SSSR count). The smallest absolute Gasteiger partial charge is 0.191 e. The van der Waals surface area contributed by atoms with Crippen LogP contribution in [0.3, 0.4) is 0 Å². The molecule has 116 valence electrons. The number of likely N-dealkylation sites (tertiary alicyclic amines) is 1. The molecule has 0 amide bonds. The van der Waals surface area contributed by atoms with Crippen LogP contribution in [0, 0.1) is 11.8 Å². The van der Waals surface area contributed by atoms with Crippen LogP contribution in [0.2, 0.25) is 0 Å². The summed E-state index contributed by atoms with van der Waals surface area (Å²) < 4.78 is 0. The average molecular weight is 392 g/mol. The quantitative estimate of drug-likeness (QED) is 0.437. The highest BCUT2D eigenvalue weighted by atomic mass is 127. The number of hydrogen-bond donors (Lipinski definition) is 2. The normalized spacial score (nSPS) is 37.5. The van der Waals surface area contributed by atoms with Gasteiger partial charge in [0.25, 0.3) is 0 Å². The molecule has 0 radical (unpaired) electrons. The third-order valence-electron chi connectivity index (χ3n) is 4.77. The fraction of sp³-hybridized carbons (Fsp3) is 0.933. The van der Waals surface area contributed by atoms with E-state index in [1.54, 1.807) is 0 Å². The van der Waals surface area contributed by atoms with Gasteiger partial charge >= 0.3 is 0 Å². The summed E-state index contributed by atoms with van der Waals surface area (Å²) in [4.78, 5) is 7.26. The molecule has 0 aromatic heterocycles. The Morgan fingerprint density at radius 1 is 1.10 bits per heavy atom. The zero-order chi connectivity index (χ0) is 13.4. The van der Waals surface area contributed by atoms with Gasteiger partial charge in [-0.25, -0.2) is 0 Å². The van der Waals surface area contributed by atoms with Gasteiger partial charge in [0, 0.05) is 37.8 Å². The van der Waals surface area contributed by atoms with E-state index in [4.69, 9.17) is 0 Å². The first-order valence-electron chi connectivity index (χ1n) is 7.99. The first-order chi connectivity index (χ1) is 9.17. The number of aliphatic imine (C=N–C) groups is 1. The van der Waals surface area contributed by atoms with Crippen LogP contribution in [-0.4, -0.2) is 48.6 Å². The monoisotopic (exact) mass is 392 g/mol. The zero-order valence-corrected chi connectivity index (χ0v) is 15.3. The van der Waals surface area contributed by atoms with E-state index in [1.807, 2.05) is 0 Å². The Morgan fingerprint density at radius 3 is 2.30 bits per heavy atom. The lowest BCUT2D eigenvalue weighted by Gasteiger charge is -2.20. The minimum Gasteiger partial charge on any atom is -0.353 e. The summed E-state index contributed by atoms with van der Waals surface area (Å²) in [5, 5.41) is 7.24. The van der Waals surface area contributed by atoms with Crippen molar-refractivity contribution in [3.63, 3.8) is 0 Å². The highest BCUT2D eigenvalue weighted by Gasteiger charge is 2.39. The molecule has 4 atom stereocenters. The van der Waals surface area contributed by atoms with Crippen molar-refractivity contribution >= 4 is 29.9 Å². The van der Waals surface area contributed by atoms with Crippen LogP contribution in [0.15, 0.2) is 4.99 Å². The molecule has 4 unspecified atom stereocenters. The third-order valence-corrected chi connectivity index (χ3v) is 4.77. The Morgan fingerprint density at radius 2 is 1.75 bits per heavy atom. The van der Waals surface area contributed by atoms with Crippen LogP contribution in [0.25, 0.3) is 0 Å². The van der Waals surface area contributed by atoms with Gasteiger partial charge in [-0.1, -0.05) is 13.8 Å². The molecule has 2 saturated carbocycles. The number of nitrogens with zero attached hydrogens (tertiary/aromatic N) is 2. The second kappa shape index (κ2) is 6.81. The zero-order valence-electron chi connectivity index (χ0n) is 12.9. The lowest BCUT2D eigenvalue weighted by atomic mass is 10.1. The average Bonchev–Trinajstić information content (AvgIpc) is 3.26. The molecule has 2 aliphatic carbocycles. The molecule has 0 aromatic carbocycles. The second-order valence-corrected chi connectivity index (χ2v) is 6.70. The molecule has 0 spiro atoms. The molecule has 5 heteroatoms. The van der Waals surface area contributed by atoms with Crippen LogP contribution in [0.1, 0.15) is 40.0 Å². The van der Waals surface area contributed by atoms with Gasteiger partial charge < -0.3 is 10.6 Å². The summed E-state index contributed by atoms with van der Waals surface area (Å²) in [5.74, 6) is 2.57. The van der Waals surface area contributed by atoms with E-state index in [1.165, 1.54) is 32.4 Å². The van der Waals surface area contributed by atoms with E-state index in [9.17, 15) is 0 Å². The number of rotatable bonds is 4. The first kappa shape index (κ1) is 16.3. The molecule has 1 heterocycles. The topological polar surface area (TPSA) is 39.7 Å². The van der Waals surface area contributed by atoms with Gasteiger partial charge in [0.05, 0.1) is 0 Å². The lowest BCUT2D eigenvalue weighted by molar-refractivity contribution is 0.315. The van der Waals surface area contributed by atoms with Crippen molar-refractivity contribution in [1.29, 1.82) is 0 Å². The van der Waals surface area contributed by atoms with Gasteiger partial charge in [-0.2, -0.15) is 0 Å². The third kappa shape index (κ3) is 4.00. The maximum Gasteiger partial charge on any atom is 0.191 e. The van der Waals surface area contributed by atoms with E-state index in [0.29, 0.717) is 12.1 Å². The molecule has 3 fully saturated rings. The fourth-order valence-corrected chi connectivity index (χ4v) is 3.10. The van der Waals surface area contributed by atoms with E-state index >= 15 is 0 Å². The van der Waals surface area contributed by atoms with Crippen LogP contribution in [0.5, 0.6) is 0 Å². The maximum absolute atomic E-state index is 4.60. The van der Waals surface area contributed by atoms with Crippen molar-refractivity contribution in [2.75, 3.05) is 19.6 Å². The minimum atomic E-state index is 0. The number of nitrogens with one attached hydrogen (secondary N) is 2. The van der Waals surface area contributed by atoms with Crippen molar-refractivity contribution in [2.45, 2.75) is 58.2 Å². The van der Waals surface area contributed by atoms with E-state index in [2.05, 4.69) is 41.3 Å². The summed E-state index contributed by atoms with van der Waals surface area (Å²) in [5.41, 5.74) is 0. The van der Waals surface area contributed by atoms with Gasteiger partial charge in [-0.3, -0.25) is 9.89 Å². The summed E-state index contributed by atoms with van der Waals surface area (Å²) in [6.07, 6.45) is 4.11. The van der Waals surface area contributed by atoms with Gasteiger partial charge in [-0.05, 0) is 38.0 Å². The summed E-state index contributed by atoms with van der Waals surface area (Å²) in [6.45, 7) is 10.1. The largest absolute Gasteiger partial charge is 0.353 e. The van der Waals surface area contributed by atoms with Crippen LogP contribution >= 0.6 is 24.0 Å². The van der Waals surface area contributed by atoms with Crippen molar-refractivity contribution in [3.8, 4) is 0 Å². The molecule has 2 N–H and O–H groups in total. The van der Waals surface area contributed by atoms with Crippen LogP contribution in [0.4, 0.5) is 0 Å². The van der Waals surface area contributed by atoms with Crippen LogP contribution in [-0.2, 0) is 0 Å². The maximum atomic E-state index is 4.60. The molecule has 0 bridgehead atoms. The highest BCUT2D eigenvalue weighted by molar-refractivity contribution is 14.0. The minimum absolute atomic E-state index is 0. The van der Waals surface area contributed by atoms with Gasteiger partial charge in [-0.15, -0.1) is 24.0 Å². The Balaban J connectivity index is 0.00000147. The van der Waals surface area contributed by atoms with Gasteiger partial charge in [0.1, 0.15) is 0 Å². The molecule has 4 nitrogen and oxygen atoms in total. The molecule has 1 saturated heterocycles. The van der Waals surface area contributed by atoms with E-state index in [0.717, 1.165) is 30.4 Å². The van der Waals surface area contributed by atoms with Crippen molar-refractivity contribution in [3.05, 3.63) is 0 Å². The SMILES string of the molecule is CCN=C(NC1CC1C)NC1CN(C2CC2)CC1C.I. The molecule has 0 aromatic rings. The number of hydrogen-bond acceptors (Lipinski definition) is 2. The summed E-state index contributed by atoms with van der Waals surface area (Å²) in [6, 6.07) is 2.10. The fourth-order valence-electron chi connectivity index (χ4n) is 3.10. The van der Waals surface area contributed by atoms with Crippen LogP contribution < -0.4 is 10.6 Å². The molecule has 1 aliphatic heterocycles. The predicted octanol–water partition coefficient (Wildman–Crippen LogP) is 2.05. The van der Waals surface area contributed by atoms with Gasteiger partial charge in [0.2, 0.25) is 0 Å². The highest BCUT2D eigenvalue weighted by Crippen LogP contribution is 2.32. The number of halogens is 1. The predicted molar refractivity (Wildman–Crippen MR) is 94.8 cm³/mol.